The number of carbonyl (C=O) groups is 3. The number of likely N-dealkylation sites (N-methyl/N-ethyl adjacent to an activating group) is 1. The van der Waals surface area contributed by atoms with Crippen molar-refractivity contribution < 1.29 is 23.9 Å². The third kappa shape index (κ3) is 6.59. The second-order valence-corrected chi connectivity index (χ2v) is 8.37. The van der Waals surface area contributed by atoms with Gasteiger partial charge in [0.05, 0.1) is 17.7 Å². The van der Waals surface area contributed by atoms with Crippen molar-refractivity contribution in [2.24, 2.45) is 5.92 Å². The number of anilines is 1. The Balaban J connectivity index is 2.42. The van der Waals surface area contributed by atoms with Gasteiger partial charge in [-0.1, -0.05) is 13.8 Å². The van der Waals surface area contributed by atoms with E-state index in [1.807, 2.05) is 20.8 Å². The summed E-state index contributed by atoms with van der Waals surface area (Å²) in [6, 6.07) is 4.55. The summed E-state index contributed by atoms with van der Waals surface area (Å²) in [7, 11) is 3.33. The highest BCUT2D eigenvalue weighted by Gasteiger charge is 2.30. The number of benzene rings is 1. The number of hydrogen-bond donors (Lipinski definition) is 2. The summed E-state index contributed by atoms with van der Waals surface area (Å²) in [5.41, 5.74) is 0.922. The van der Waals surface area contributed by atoms with Gasteiger partial charge < -0.3 is 29.9 Å². The summed E-state index contributed by atoms with van der Waals surface area (Å²) >= 11 is 0. The topological polar surface area (TPSA) is 100 Å². The van der Waals surface area contributed by atoms with Gasteiger partial charge in [0, 0.05) is 58.4 Å². The summed E-state index contributed by atoms with van der Waals surface area (Å²) in [5, 5.41) is 5.65. The molecule has 1 heterocycles. The summed E-state index contributed by atoms with van der Waals surface area (Å²) < 4.78 is 11.7. The standard InChI is InChI=1S/C23H36N4O5/c1-7-10-24-23(30)27-12-15(2)21(31-6)13-26(5)22(29)19-9-8-18(25-17(4)28)11-20(19)32-14-16(27)3/h8-9,11,15-16,21H,7,10,12-14H2,1-6H3,(H,24,30)(H,25,28)/t15-,16+,21+/m1/s1. The van der Waals surface area contributed by atoms with Crippen molar-refractivity contribution in [3.05, 3.63) is 23.8 Å². The maximum atomic E-state index is 13.2. The van der Waals surface area contributed by atoms with E-state index in [2.05, 4.69) is 10.6 Å². The zero-order chi connectivity index (χ0) is 23.8. The zero-order valence-corrected chi connectivity index (χ0v) is 19.9. The van der Waals surface area contributed by atoms with E-state index in [4.69, 9.17) is 9.47 Å². The average Bonchev–Trinajstić information content (AvgIpc) is 2.75. The molecule has 1 aromatic rings. The Hall–Kier alpha value is -2.81. The van der Waals surface area contributed by atoms with Crippen LogP contribution in [-0.2, 0) is 9.53 Å². The van der Waals surface area contributed by atoms with E-state index in [1.165, 1.54) is 6.92 Å². The number of fused-ring (bicyclic) bond motifs is 1. The maximum absolute atomic E-state index is 13.2. The Bertz CT molecular complexity index is 816. The molecule has 0 unspecified atom stereocenters. The van der Waals surface area contributed by atoms with Crippen LogP contribution < -0.4 is 15.4 Å². The molecule has 0 aromatic heterocycles. The quantitative estimate of drug-likeness (QED) is 0.737. The fraction of sp³-hybridized carbons (Fsp3) is 0.609. The van der Waals surface area contributed by atoms with Crippen LogP contribution in [0.15, 0.2) is 18.2 Å². The third-order valence-corrected chi connectivity index (χ3v) is 5.55. The summed E-state index contributed by atoms with van der Waals surface area (Å²) in [5.74, 6) is -0.0671. The predicted octanol–water partition coefficient (Wildman–Crippen LogP) is 2.57. The van der Waals surface area contributed by atoms with Crippen LogP contribution in [-0.4, -0.2) is 80.2 Å². The van der Waals surface area contributed by atoms with Gasteiger partial charge in [-0.3, -0.25) is 9.59 Å². The highest BCUT2D eigenvalue weighted by atomic mass is 16.5. The third-order valence-electron chi connectivity index (χ3n) is 5.55. The maximum Gasteiger partial charge on any atom is 0.317 e. The molecule has 0 saturated heterocycles. The molecule has 3 atom stereocenters. The van der Waals surface area contributed by atoms with Gasteiger partial charge in [-0.05, 0) is 25.5 Å². The van der Waals surface area contributed by atoms with E-state index >= 15 is 0 Å². The Morgan fingerprint density at radius 3 is 2.59 bits per heavy atom. The average molecular weight is 449 g/mol. The molecular formula is C23H36N4O5. The first-order valence-electron chi connectivity index (χ1n) is 11.0. The van der Waals surface area contributed by atoms with Crippen LogP contribution in [0.4, 0.5) is 10.5 Å². The number of methoxy groups -OCH3 is 1. The first-order valence-corrected chi connectivity index (χ1v) is 11.0. The molecule has 0 spiro atoms. The number of carbonyl (C=O) groups excluding carboxylic acids is 3. The molecule has 0 aliphatic carbocycles. The van der Waals surface area contributed by atoms with Crippen LogP contribution in [0, 0.1) is 5.92 Å². The van der Waals surface area contributed by atoms with Gasteiger partial charge in [0.1, 0.15) is 12.4 Å². The second-order valence-electron chi connectivity index (χ2n) is 8.37. The molecular weight excluding hydrogens is 412 g/mol. The largest absolute Gasteiger partial charge is 0.491 e. The van der Waals surface area contributed by atoms with E-state index in [0.29, 0.717) is 36.6 Å². The molecule has 178 valence electrons. The van der Waals surface area contributed by atoms with Gasteiger partial charge in [-0.2, -0.15) is 0 Å². The highest BCUT2D eigenvalue weighted by molar-refractivity contribution is 5.98. The van der Waals surface area contributed by atoms with Crippen molar-refractivity contribution in [3.63, 3.8) is 0 Å². The van der Waals surface area contributed by atoms with Gasteiger partial charge in [0.2, 0.25) is 5.91 Å². The van der Waals surface area contributed by atoms with Crippen molar-refractivity contribution >= 4 is 23.5 Å². The molecule has 9 nitrogen and oxygen atoms in total. The smallest absolute Gasteiger partial charge is 0.317 e. The minimum atomic E-state index is -0.253. The molecule has 0 fully saturated rings. The fourth-order valence-corrected chi connectivity index (χ4v) is 3.67. The van der Waals surface area contributed by atoms with Gasteiger partial charge in [-0.15, -0.1) is 0 Å². The van der Waals surface area contributed by atoms with Crippen molar-refractivity contribution in [1.82, 2.24) is 15.1 Å². The Labute approximate surface area is 190 Å². The van der Waals surface area contributed by atoms with Gasteiger partial charge in [0.25, 0.3) is 5.91 Å². The van der Waals surface area contributed by atoms with Crippen LogP contribution in [0.1, 0.15) is 44.5 Å². The number of nitrogens with zero attached hydrogens (tertiary/aromatic N) is 2. The number of hydrogen-bond acceptors (Lipinski definition) is 5. The van der Waals surface area contributed by atoms with Crippen molar-refractivity contribution in [3.8, 4) is 5.75 Å². The lowest BCUT2D eigenvalue weighted by atomic mass is 10.0. The Morgan fingerprint density at radius 2 is 1.97 bits per heavy atom. The molecule has 2 rings (SSSR count). The molecule has 9 heteroatoms. The molecule has 0 radical (unpaired) electrons. The normalized spacial score (nSPS) is 22.2. The van der Waals surface area contributed by atoms with Crippen molar-refractivity contribution in [2.45, 2.75) is 46.3 Å². The molecule has 1 aromatic carbocycles. The van der Waals surface area contributed by atoms with Crippen LogP contribution in [0.2, 0.25) is 0 Å². The molecule has 1 aliphatic heterocycles. The van der Waals surface area contributed by atoms with Gasteiger partial charge in [-0.25, -0.2) is 4.79 Å². The van der Waals surface area contributed by atoms with Crippen molar-refractivity contribution in [1.29, 1.82) is 0 Å². The molecule has 4 amide bonds. The lowest BCUT2D eigenvalue weighted by Gasteiger charge is -2.36. The first kappa shape index (κ1) is 25.5. The van der Waals surface area contributed by atoms with E-state index in [1.54, 1.807) is 42.2 Å². The van der Waals surface area contributed by atoms with Gasteiger partial charge >= 0.3 is 6.03 Å². The van der Waals surface area contributed by atoms with Gasteiger partial charge in [0.15, 0.2) is 0 Å². The minimum absolute atomic E-state index is 0.00823. The lowest BCUT2D eigenvalue weighted by Crippen LogP contribution is -2.51. The zero-order valence-electron chi connectivity index (χ0n) is 19.9. The van der Waals surface area contributed by atoms with E-state index in [9.17, 15) is 14.4 Å². The van der Waals surface area contributed by atoms with Crippen LogP contribution in [0.25, 0.3) is 0 Å². The van der Waals surface area contributed by atoms with Crippen LogP contribution >= 0.6 is 0 Å². The minimum Gasteiger partial charge on any atom is -0.491 e. The highest BCUT2D eigenvalue weighted by Crippen LogP contribution is 2.26. The molecule has 2 N–H and O–H groups in total. The summed E-state index contributed by atoms with van der Waals surface area (Å²) in [6.07, 6.45) is 0.590. The SMILES string of the molecule is CCCNC(=O)N1C[C@@H](C)[C@@H](OC)CN(C)C(=O)c2ccc(NC(C)=O)cc2OC[C@@H]1C. The van der Waals surface area contributed by atoms with Crippen LogP contribution in [0.5, 0.6) is 5.75 Å². The Morgan fingerprint density at radius 1 is 1.25 bits per heavy atom. The number of ether oxygens (including phenoxy) is 2. The van der Waals surface area contributed by atoms with E-state index in [0.717, 1.165) is 6.42 Å². The monoisotopic (exact) mass is 448 g/mol. The number of amides is 4. The lowest BCUT2D eigenvalue weighted by molar-refractivity contribution is -0.114. The Kier molecular flexibility index (Phi) is 9.31. The second kappa shape index (κ2) is 11.7. The summed E-state index contributed by atoms with van der Waals surface area (Å²) in [6.45, 7) is 8.95. The van der Waals surface area contributed by atoms with E-state index in [-0.39, 0.29) is 42.5 Å². The number of rotatable bonds is 4. The molecule has 32 heavy (non-hydrogen) atoms. The predicted molar refractivity (Wildman–Crippen MR) is 123 cm³/mol. The number of nitrogens with one attached hydrogen (secondary N) is 2. The molecule has 0 bridgehead atoms. The molecule has 0 saturated carbocycles. The fourth-order valence-electron chi connectivity index (χ4n) is 3.67. The number of urea groups is 1. The first-order chi connectivity index (χ1) is 15.2. The van der Waals surface area contributed by atoms with Crippen LogP contribution in [0.3, 0.4) is 0 Å². The summed E-state index contributed by atoms with van der Waals surface area (Å²) in [4.78, 5) is 40.8. The van der Waals surface area contributed by atoms with Crippen molar-refractivity contribution in [2.75, 3.05) is 45.7 Å². The van der Waals surface area contributed by atoms with E-state index < -0.39 is 0 Å². The molecule has 1 aliphatic rings.